The molecule has 0 bridgehead atoms. The predicted octanol–water partition coefficient (Wildman–Crippen LogP) is 2.30. The Hall–Kier alpha value is -3.48. The maximum absolute atomic E-state index is 12.2. The number of carbonyl (C=O) groups is 4. The zero-order valence-corrected chi connectivity index (χ0v) is 17.3. The Morgan fingerprint density at radius 1 is 1.00 bits per heavy atom. The molecule has 7 nitrogen and oxygen atoms in total. The van der Waals surface area contributed by atoms with E-state index in [-0.39, 0.29) is 18.0 Å². The molecule has 0 spiro atoms. The molecule has 0 heterocycles. The lowest BCUT2D eigenvalue weighted by atomic mass is 10.0. The van der Waals surface area contributed by atoms with Crippen molar-refractivity contribution in [2.45, 2.75) is 32.7 Å². The van der Waals surface area contributed by atoms with Crippen LogP contribution in [-0.2, 0) is 32.0 Å². The maximum Gasteiger partial charge on any atom is 0.310 e. The fourth-order valence-corrected chi connectivity index (χ4v) is 2.87. The summed E-state index contributed by atoms with van der Waals surface area (Å²) < 4.78 is 10.2. The van der Waals surface area contributed by atoms with Gasteiger partial charge in [0.25, 0.3) is 5.91 Å². The molecule has 0 unspecified atom stereocenters. The van der Waals surface area contributed by atoms with Gasteiger partial charge in [-0.25, -0.2) is 0 Å². The molecule has 0 aliphatic carbocycles. The standard InChI is InChI=1S/C23H25NO6/c1-15(25)18-9-10-21(29-3)19(12-18)13-23(28)30-14-22(27)24-20(16(2)26)11-17-7-5-4-6-8-17/h4-10,12,20H,11,13-14H2,1-3H3,(H,24,27)/t20-/m1/s1. The van der Waals surface area contributed by atoms with Crippen LogP contribution in [0.5, 0.6) is 5.75 Å². The predicted molar refractivity (Wildman–Crippen MR) is 110 cm³/mol. The van der Waals surface area contributed by atoms with Gasteiger partial charge in [-0.3, -0.25) is 19.2 Å². The molecule has 0 saturated carbocycles. The number of hydrogen-bond acceptors (Lipinski definition) is 6. The number of methoxy groups -OCH3 is 1. The van der Waals surface area contributed by atoms with E-state index < -0.39 is 24.5 Å². The first-order chi connectivity index (χ1) is 14.3. The van der Waals surface area contributed by atoms with Crippen LogP contribution in [0.4, 0.5) is 0 Å². The van der Waals surface area contributed by atoms with Crippen LogP contribution >= 0.6 is 0 Å². The van der Waals surface area contributed by atoms with Gasteiger partial charge in [-0.05, 0) is 44.0 Å². The van der Waals surface area contributed by atoms with Crippen LogP contribution < -0.4 is 10.1 Å². The van der Waals surface area contributed by atoms with E-state index in [0.717, 1.165) is 5.56 Å². The third-order valence-corrected chi connectivity index (χ3v) is 4.49. The molecule has 1 atom stereocenters. The van der Waals surface area contributed by atoms with Gasteiger partial charge in [-0.1, -0.05) is 30.3 Å². The molecule has 30 heavy (non-hydrogen) atoms. The summed E-state index contributed by atoms with van der Waals surface area (Å²) in [5, 5.41) is 2.60. The van der Waals surface area contributed by atoms with Crippen molar-refractivity contribution in [3.63, 3.8) is 0 Å². The van der Waals surface area contributed by atoms with Crippen LogP contribution in [0.3, 0.4) is 0 Å². The fraction of sp³-hybridized carbons (Fsp3) is 0.304. The normalized spacial score (nSPS) is 11.3. The Bertz CT molecular complexity index is 923. The second-order valence-corrected chi connectivity index (χ2v) is 6.84. The van der Waals surface area contributed by atoms with Crippen LogP contribution in [0.1, 0.15) is 35.3 Å². The van der Waals surface area contributed by atoms with Gasteiger partial charge in [0, 0.05) is 11.1 Å². The summed E-state index contributed by atoms with van der Waals surface area (Å²) in [5.74, 6) is -1.10. The minimum Gasteiger partial charge on any atom is -0.496 e. The SMILES string of the molecule is COc1ccc(C(C)=O)cc1CC(=O)OCC(=O)N[C@H](Cc1ccccc1)C(C)=O. The van der Waals surface area contributed by atoms with E-state index in [2.05, 4.69) is 5.32 Å². The van der Waals surface area contributed by atoms with E-state index in [4.69, 9.17) is 9.47 Å². The fourth-order valence-electron chi connectivity index (χ4n) is 2.87. The summed E-state index contributed by atoms with van der Waals surface area (Å²) >= 11 is 0. The number of ether oxygens (including phenoxy) is 2. The molecule has 0 radical (unpaired) electrons. The molecular weight excluding hydrogens is 386 g/mol. The van der Waals surface area contributed by atoms with E-state index >= 15 is 0 Å². The Balaban J connectivity index is 1.92. The van der Waals surface area contributed by atoms with Gasteiger partial charge in [-0.2, -0.15) is 0 Å². The van der Waals surface area contributed by atoms with Gasteiger partial charge in [0.1, 0.15) is 5.75 Å². The summed E-state index contributed by atoms with van der Waals surface area (Å²) in [4.78, 5) is 47.7. The average Bonchev–Trinajstić information content (AvgIpc) is 2.72. The third kappa shape index (κ3) is 6.84. The molecule has 1 N–H and O–H groups in total. The highest BCUT2D eigenvalue weighted by Gasteiger charge is 2.19. The van der Waals surface area contributed by atoms with Crippen LogP contribution in [0.25, 0.3) is 0 Å². The van der Waals surface area contributed by atoms with E-state index in [1.165, 1.54) is 21.0 Å². The second kappa shape index (κ2) is 10.9. The number of hydrogen-bond donors (Lipinski definition) is 1. The topological polar surface area (TPSA) is 98.8 Å². The molecule has 0 fully saturated rings. The van der Waals surface area contributed by atoms with Gasteiger partial charge in [0.2, 0.25) is 0 Å². The number of benzene rings is 2. The molecule has 0 aromatic heterocycles. The van der Waals surface area contributed by atoms with Gasteiger partial charge in [0.05, 0.1) is 19.6 Å². The number of amides is 1. The molecule has 2 aromatic carbocycles. The van der Waals surface area contributed by atoms with Crippen molar-refractivity contribution >= 4 is 23.4 Å². The molecule has 158 valence electrons. The molecule has 0 saturated heterocycles. The first kappa shape index (κ1) is 22.8. The van der Waals surface area contributed by atoms with E-state index in [9.17, 15) is 19.2 Å². The highest BCUT2D eigenvalue weighted by molar-refractivity contribution is 5.94. The van der Waals surface area contributed by atoms with Crippen molar-refractivity contribution in [1.82, 2.24) is 5.32 Å². The maximum atomic E-state index is 12.2. The Morgan fingerprint density at radius 2 is 1.70 bits per heavy atom. The van der Waals surface area contributed by atoms with Crippen LogP contribution in [-0.4, -0.2) is 43.2 Å². The average molecular weight is 411 g/mol. The van der Waals surface area contributed by atoms with Crippen LogP contribution in [0.15, 0.2) is 48.5 Å². The molecule has 0 aliphatic rings. The Morgan fingerprint density at radius 3 is 2.30 bits per heavy atom. The third-order valence-electron chi connectivity index (χ3n) is 4.49. The number of rotatable bonds is 10. The Labute approximate surface area is 175 Å². The molecule has 2 rings (SSSR count). The van der Waals surface area contributed by atoms with Gasteiger partial charge in [-0.15, -0.1) is 0 Å². The van der Waals surface area contributed by atoms with Crippen LogP contribution in [0, 0.1) is 0 Å². The minimum atomic E-state index is -0.703. The highest BCUT2D eigenvalue weighted by Crippen LogP contribution is 2.21. The molecule has 2 aromatic rings. The van der Waals surface area contributed by atoms with Crippen molar-refractivity contribution in [1.29, 1.82) is 0 Å². The lowest BCUT2D eigenvalue weighted by Gasteiger charge is -2.16. The molecular formula is C23H25NO6. The summed E-state index contributed by atoms with van der Waals surface area (Å²) in [6.45, 7) is 2.31. The summed E-state index contributed by atoms with van der Waals surface area (Å²) in [6, 6.07) is 13.4. The van der Waals surface area contributed by atoms with Crippen molar-refractivity contribution in [2.24, 2.45) is 0 Å². The lowest BCUT2D eigenvalue weighted by Crippen LogP contribution is -2.43. The van der Waals surface area contributed by atoms with Crippen molar-refractivity contribution in [3.8, 4) is 5.75 Å². The van der Waals surface area contributed by atoms with E-state index in [0.29, 0.717) is 23.3 Å². The summed E-state index contributed by atoms with van der Waals surface area (Å²) in [6.07, 6.45) is 0.197. The second-order valence-electron chi connectivity index (χ2n) is 6.84. The van der Waals surface area contributed by atoms with Crippen molar-refractivity contribution in [2.75, 3.05) is 13.7 Å². The highest BCUT2D eigenvalue weighted by atomic mass is 16.5. The number of ketones is 2. The Kier molecular flexibility index (Phi) is 8.29. The molecule has 0 aliphatic heterocycles. The molecule has 1 amide bonds. The smallest absolute Gasteiger partial charge is 0.310 e. The van der Waals surface area contributed by atoms with Gasteiger partial charge in [0.15, 0.2) is 18.2 Å². The minimum absolute atomic E-state index is 0.139. The van der Waals surface area contributed by atoms with E-state index in [1.807, 2.05) is 30.3 Å². The number of Topliss-reactive ketones (excluding diaryl/α,β-unsaturated/α-hetero) is 2. The summed E-state index contributed by atoms with van der Waals surface area (Å²) in [5.41, 5.74) is 1.84. The number of carbonyl (C=O) groups excluding carboxylic acids is 4. The first-order valence-corrected chi connectivity index (χ1v) is 9.47. The quantitative estimate of drug-likeness (QED) is 0.476. The zero-order valence-electron chi connectivity index (χ0n) is 17.3. The summed E-state index contributed by atoms with van der Waals surface area (Å²) in [7, 11) is 1.46. The first-order valence-electron chi connectivity index (χ1n) is 9.47. The largest absolute Gasteiger partial charge is 0.496 e. The van der Waals surface area contributed by atoms with Crippen molar-refractivity contribution in [3.05, 3.63) is 65.2 Å². The zero-order chi connectivity index (χ0) is 22.1. The van der Waals surface area contributed by atoms with Gasteiger partial charge < -0.3 is 14.8 Å². The lowest BCUT2D eigenvalue weighted by molar-refractivity contribution is -0.148. The number of nitrogens with one attached hydrogen (secondary N) is 1. The monoisotopic (exact) mass is 411 g/mol. The van der Waals surface area contributed by atoms with Crippen LogP contribution in [0.2, 0.25) is 0 Å². The molecule has 7 heteroatoms. The number of esters is 1. The van der Waals surface area contributed by atoms with E-state index in [1.54, 1.807) is 18.2 Å². The van der Waals surface area contributed by atoms with Gasteiger partial charge >= 0.3 is 5.97 Å². The van der Waals surface area contributed by atoms with Crippen molar-refractivity contribution < 1.29 is 28.7 Å².